The summed E-state index contributed by atoms with van der Waals surface area (Å²) in [6.45, 7) is 0. The predicted octanol–water partition coefficient (Wildman–Crippen LogP) is 3.38. The van der Waals surface area contributed by atoms with Gasteiger partial charge in [-0.2, -0.15) is 0 Å². The number of aromatic nitrogens is 2. The highest BCUT2D eigenvalue weighted by atomic mass is 35.5. The Bertz CT molecular complexity index is 410. The van der Waals surface area contributed by atoms with Crippen molar-refractivity contribution in [1.82, 2.24) is 9.97 Å². The zero-order valence-corrected chi connectivity index (χ0v) is 8.10. The average molecular weight is 213 g/mol. The summed E-state index contributed by atoms with van der Waals surface area (Å²) >= 11 is 11.7. The molecule has 0 amide bonds. The highest BCUT2D eigenvalue weighted by Gasteiger charge is 2.04. The normalized spacial score (nSPS) is 10.3. The number of H-pyrrole nitrogens is 1. The lowest BCUT2D eigenvalue weighted by Crippen LogP contribution is -1.78. The van der Waals surface area contributed by atoms with Gasteiger partial charge in [0.15, 0.2) is 0 Å². The van der Waals surface area contributed by atoms with Crippen LogP contribution >= 0.6 is 23.2 Å². The SMILES string of the molecule is Clc1ccc(-c2c[nH]cn2)c(Cl)c1. The number of nitrogens with zero attached hydrogens (tertiary/aromatic N) is 1. The second-order valence-corrected chi connectivity index (χ2v) is 3.42. The molecule has 1 aromatic heterocycles. The first-order chi connectivity index (χ1) is 6.27. The van der Waals surface area contributed by atoms with E-state index in [0.29, 0.717) is 10.0 Å². The molecule has 66 valence electrons. The van der Waals surface area contributed by atoms with Gasteiger partial charge in [0.2, 0.25) is 0 Å². The lowest BCUT2D eigenvalue weighted by molar-refractivity contribution is 1.31. The smallest absolute Gasteiger partial charge is 0.0927 e. The summed E-state index contributed by atoms with van der Waals surface area (Å²) in [6.07, 6.45) is 3.40. The van der Waals surface area contributed by atoms with Crippen LogP contribution in [0.2, 0.25) is 10.0 Å². The van der Waals surface area contributed by atoms with Gasteiger partial charge in [-0.3, -0.25) is 0 Å². The molecule has 13 heavy (non-hydrogen) atoms. The first-order valence-electron chi connectivity index (χ1n) is 3.71. The van der Waals surface area contributed by atoms with E-state index in [9.17, 15) is 0 Å². The van der Waals surface area contributed by atoms with Crippen LogP contribution in [0.5, 0.6) is 0 Å². The van der Waals surface area contributed by atoms with Crippen molar-refractivity contribution in [2.45, 2.75) is 0 Å². The average Bonchev–Trinajstić information content (AvgIpc) is 2.56. The minimum absolute atomic E-state index is 0.611. The fourth-order valence-corrected chi connectivity index (χ4v) is 1.61. The quantitative estimate of drug-likeness (QED) is 0.772. The van der Waals surface area contributed by atoms with Gasteiger partial charge in [0.05, 0.1) is 17.0 Å². The van der Waals surface area contributed by atoms with Crippen molar-refractivity contribution in [2.75, 3.05) is 0 Å². The molecule has 0 saturated heterocycles. The molecule has 1 aromatic carbocycles. The van der Waals surface area contributed by atoms with E-state index in [1.807, 2.05) is 6.07 Å². The van der Waals surface area contributed by atoms with Crippen LogP contribution in [0.15, 0.2) is 30.7 Å². The largest absolute Gasteiger partial charge is 0.351 e. The van der Waals surface area contributed by atoms with Crippen molar-refractivity contribution < 1.29 is 0 Å². The number of aromatic amines is 1. The van der Waals surface area contributed by atoms with E-state index in [4.69, 9.17) is 23.2 Å². The molecule has 0 unspecified atom stereocenters. The number of hydrogen-bond donors (Lipinski definition) is 1. The Morgan fingerprint density at radius 1 is 1.23 bits per heavy atom. The molecular formula is C9H6Cl2N2. The number of halogens is 2. The number of benzene rings is 1. The molecule has 2 nitrogen and oxygen atoms in total. The van der Waals surface area contributed by atoms with Crippen LogP contribution < -0.4 is 0 Å². The Morgan fingerprint density at radius 2 is 2.08 bits per heavy atom. The van der Waals surface area contributed by atoms with Crippen LogP contribution in [0, 0.1) is 0 Å². The molecule has 1 N–H and O–H groups in total. The van der Waals surface area contributed by atoms with Crippen LogP contribution in [0.3, 0.4) is 0 Å². The molecular weight excluding hydrogens is 207 g/mol. The van der Waals surface area contributed by atoms with E-state index in [0.717, 1.165) is 11.3 Å². The lowest BCUT2D eigenvalue weighted by atomic mass is 10.2. The molecule has 0 spiro atoms. The summed E-state index contributed by atoms with van der Waals surface area (Å²) in [4.78, 5) is 6.96. The van der Waals surface area contributed by atoms with Crippen molar-refractivity contribution in [3.05, 3.63) is 40.8 Å². The number of hydrogen-bond acceptors (Lipinski definition) is 1. The van der Waals surface area contributed by atoms with Crippen LogP contribution in [0.4, 0.5) is 0 Å². The van der Waals surface area contributed by atoms with Crippen LogP contribution in [0.25, 0.3) is 11.3 Å². The Hall–Kier alpha value is -0.990. The second kappa shape index (κ2) is 3.40. The van der Waals surface area contributed by atoms with E-state index in [1.165, 1.54) is 0 Å². The van der Waals surface area contributed by atoms with E-state index >= 15 is 0 Å². The van der Waals surface area contributed by atoms with Crippen molar-refractivity contribution in [2.24, 2.45) is 0 Å². The maximum atomic E-state index is 5.98. The van der Waals surface area contributed by atoms with Gasteiger partial charge in [-0.1, -0.05) is 23.2 Å². The molecule has 2 aromatic rings. The van der Waals surface area contributed by atoms with Crippen molar-refractivity contribution in [3.63, 3.8) is 0 Å². The van der Waals surface area contributed by atoms with E-state index in [2.05, 4.69) is 9.97 Å². The highest BCUT2D eigenvalue weighted by molar-refractivity contribution is 6.36. The van der Waals surface area contributed by atoms with Crippen LogP contribution in [-0.4, -0.2) is 9.97 Å². The molecule has 1 heterocycles. The van der Waals surface area contributed by atoms with Crippen molar-refractivity contribution in [3.8, 4) is 11.3 Å². The van der Waals surface area contributed by atoms with Gasteiger partial charge < -0.3 is 4.98 Å². The summed E-state index contributed by atoms with van der Waals surface area (Å²) in [5.74, 6) is 0. The predicted molar refractivity (Wildman–Crippen MR) is 54.0 cm³/mol. The van der Waals surface area contributed by atoms with Gasteiger partial charge in [0.25, 0.3) is 0 Å². The molecule has 2 rings (SSSR count). The maximum Gasteiger partial charge on any atom is 0.0927 e. The zero-order chi connectivity index (χ0) is 9.26. The summed E-state index contributed by atoms with van der Waals surface area (Å²) in [6, 6.07) is 5.34. The van der Waals surface area contributed by atoms with Gasteiger partial charge in [-0.25, -0.2) is 4.98 Å². The van der Waals surface area contributed by atoms with Gasteiger partial charge in [0, 0.05) is 16.8 Å². The third kappa shape index (κ3) is 1.69. The van der Waals surface area contributed by atoms with E-state index < -0.39 is 0 Å². The minimum atomic E-state index is 0.611. The first kappa shape index (κ1) is 8.60. The molecule has 0 radical (unpaired) electrons. The Balaban J connectivity index is 2.53. The van der Waals surface area contributed by atoms with Gasteiger partial charge in [-0.15, -0.1) is 0 Å². The molecule has 4 heteroatoms. The first-order valence-corrected chi connectivity index (χ1v) is 4.47. The van der Waals surface area contributed by atoms with Gasteiger partial charge in [-0.05, 0) is 18.2 Å². The van der Waals surface area contributed by atoms with Crippen LogP contribution in [-0.2, 0) is 0 Å². The zero-order valence-electron chi connectivity index (χ0n) is 6.59. The molecule has 0 fully saturated rings. The fourth-order valence-electron chi connectivity index (χ4n) is 1.10. The van der Waals surface area contributed by atoms with Crippen molar-refractivity contribution in [1.29, 1.82) is 0 Å². The lowest BCUT2D eigenvalue weighted by Gasteiger charge is -1.99. The Kier molecular flexibility index (Phi) is 2.25. The molecule has 0 aliphatic carbocycles. The van der Waals surface area contributed by atoms with E-state index in [-0.39, 0.29) is 0 Å². The molecule has 0 atom stereocenters. The molecule has 0 bridgehead atoms. The Labute approximate surface area is 85.5 Å². The molecule has 0 aliphatic heterocycles. The number of rotatable bonds is 1. The monoisotopic (exact) mass is 212 g/mol. The fraction of sp³-hybridized carbons (Fsp3) is 0. The highest BCUT2D eigenvalue weighted by Crippen LogP contribution is 2.28. The molecule has 0 aliphatic rings. The topological polar surface area (TPSA) is 28.7 Å². The second-order valence-electron chi connectivity index (χ2n) is 2.58. The third-order valence-electron chi connectivity index (χ3n) is 1.71. The van der Waals surface area contributed by atoms with Crippen LogP contribution in [0.1, 0.15) is 0 Å². The molecule has 0 saturated carbocycles. The van der Waals surface area contributed by atoms with Gasteiger partial charge in [0.1, 0.15) is 0 Å². The summed E-state index contributed by atoms with van der Waals surface area (Å²) < 4.78 is 0. The maximum absolute atomic E-state index is 5.98. The van der Waals surface area contributed by atoms with Gasteiger partial charge >= 0.3 is 0 Å². The summed E-state index contributed by atoms with van der Waals surface area (Å²) in [5.41, 5.74) is 1.70. The summed E-state index contributed by atoms with van der Waals surface area (Å²) in [5, 5.41) is 1.24. The Morgan fingerprint density at radius 3 is 2.69 bits per heavy atom. The van der Waals surface area contributed by atoms with E-state index in [1.54, 1.807) is 24.7 Å². The van der Waals surface area contributed by atoms with Crippen molar-refractivity contribution >= 4 is 23.2 Å². The summed E-state index contributed by atoms with van der Waals surface area (Å²) in [7, 11) is 0. The third-order valence-corrected chi connectivity index (χ3v) is 2.25. The number of nitrogens with one attached hydrogen (secondary N) is 1. The standard InChI is InChI=1S/C9H6Cl2N2/c10-6-1-2-7(8(11)3-6)9-4-12-5-13-9/h1-5H,(H,12,13). The number of imidazole rings is 1. The minimum Gasteiger partial charge on any atom is -0.351 e.